The molecule has 1 heterocycles. The van der Waals surface area contributed by atoms with Gasteiger partial charge in [0.25, 0.3) is 8.32 Å². The van der Waals surface area contributed by atoms with Crippen LogP contribution in [-0.4, -0.2) is 33.9 Å². The molecule has 0 spiro atoms. The Morgan fingerprint density at radius 3 is 2.12 bits per heavy atom. The number of ether oxygens (including phenoxy) is 2. The second-order valence-corrected chi connectivity index (χ2v) is 14.4. The van der Waals surface area contributed by atoms with Gasteiger partial charge in [0.05, 0.1) is 6.10 Å². The van der Waals surface area contributed by atoms with Crippen molar-refractivity contribution in [2.24, 2.45) is 5.92 Å². The summed E-state index contributed by atoms with van der Waals surface area (Å²) in [4.78, 5) is 0. The van der Waals surface area contributed by atoms with E-state index in [2.05, 4.69) is 94.4 Å². The lowest BCUT2D eigenvalue weighted by molar-refractivity contribution is -0.194. The van der Waals surface area contributed by atoms with Crippen LogP contribution in [-0.2, 0) is 13.9 Å². The molecule has 0 aromatic heterocycles. The molecule has 0 N–H and O–H groups in total. The lowest BCUT2D eigenvalue weighted by Gasteiger charge is -2.44. The highest BCUT2D eigenvalue weighted by atomic mass is 28.4. The molecule has 32 heavy (non-hydrogen) atoms. The lowest BCUT2D eigenvalue weighted by Crippen LogP contribution is -2.67. The van der Waals surface area contributed by atoms with Gasteiger partial charge in [-0.3, -0.25) is 0 Å². The van der Waals surface area contributed by atoms with Gasteiger partial charge in [0.2, 0.25) is 0 Å². The highest BCUT2D eigenvalue weighted by Crippen LogP contribution is 2.39. The molecule has 171 valence electrons. The van der Waals surface area contributed by atoms with E-state index in [0.29, 0.717) is 6.61 Å². The molecule has 0 amide bonds. The van der Waals surface area contributed by atoms with Crippen molar-refractivity contribution in [2.45, 2.75) is 63.9 Å². The van der Waals surface area contributed by atoms with E-state index >= 15 is 0 Å². The summed E-state index contributed by atoms with van der Waals surface area (Å²) in [6.07, 6.45) is 6.35. The third kappa shape index (κ3) is 4.79. The lowest BCUT2D eigenvalue weighted by atomic mass is 10.0. The molecule has 1 saturated carbocycles. The van der Waals surface area contributed by atoms with E-state index in [1.165, 1.54) is 16.8 Å². The minimum Gasteiger partial charge on any atom is -0.407 e. The van der Waals surface area contributed by atoms with Crippen LogP contribution in [0.15, 0.2) is 72.8 Å². The van der Waals surface area contributed by atoms with Crippen molar-refractivity contribution < 1.29 is 13.9 Å². The van der Waals surface area contributed by atoms with Gasteiger partial charge in [-0.25, -0.2) is 0 Å². The predicted molar refractivity (Wildman–Crippen MR) is 134 cm³/mol. The topological polar surface area (TPSA) is 27.7 Å². The van der Waals surface area contributed by atoms with E-state index in [1.54, 1.807) is 0 Å². The van der Waals surface area contributed by atoms with Gasteiger partial charge < -0.3 is 13.9 Å². The average molecular weight is 450 g/mol. The molecule has 2 fully saturated rings. The van der Waals surface area contributed by atoms with E-state index in [9.17, 15) is 0 Å². The zero-order chi connectivity index (χ0) is 22.6. The maximum atomic E-state index is 7.18. The largest absolute Gasteiger partial charge is 0.407 e. The summed E-state index contributed by atoms with van der Waals surface area (Å²) < 4.78 is 19.5. The van der Waals surface area contributed by atoms with Gasteiger partial charge in [-0.1, -0.05) is 93.6 Å². The van der Waals surface area contributed by atoms with E-state index < -0.39 is 8.32 Å². The van der Waals surface area contributed by atoms with E-state index in [0.717, 1.165) is 31.4 Å². The van der Waals surface area contributed by atoms with Crippen LogP contribution in [0.5, 0.6) is 0 Å². The van der Waals surface area contributed by atoms with Crippen LogP contribution in [0.2, 0.25) is 5.04 Å². The van der Waals surface area contributed by atoms with Crippen molar-refractivity contribution in [3.63, 3.8) is 0 Å². The Balaban J connectivity index is 1.63. The average Bonchev–Trinajstić information content (AvgIpc) is 3.14. The van der Waals surface area contributed by atoms with Gasteiger partial charge in [-0.2, -0.15) is 0 Å². The quantitative estimate of drug-likeness (QED) is 0.540. The van der Waals surface area contributed by atoms with Crippen LogP contribution in [0.1, 0.15) is 46.5 Å². The zero-order valence-electron chi connectivity index (χ0n) is 19.8. The molecule has 1 aliphatic heterocycles. The molecule has 3 nitrogen and oxygen atoms in total. The maximum Gasteiger partial charge on any atom is 0.261 e. The summed E-state index contributed by atoms with van der Waals surface area (Å²) >= 11 is 0. The molecule has 4 heteroatoms. The third-order valence-electron chi connectivity index (χ3n) is 6.90. The smallest absolute Gasteiger partial charge is 0.261 e. The molecule has 3 atom stereocenters. The number of rotatable bonds is 7. The Bertz CT molecular complexity index is 829. The van der Waals surface area contributed by atoms with E-state index in [1.807, 2.05) is 0 Å². The van der Waals surface area contributed by atoms with Gasteiger partial charge >= 0.3 is 0 Å². The molecule has 4 rings (SSSR count). The monoisotopic (exact) mass is 449 g/mol. The Hall–Kier alpha value is -1.72. The minimum absolute atomic E-state index is 0.0395. The third-order valence-corrected chi connectivity index (χ3v) is 11.9. The van der Waals surface area contributed by atoms with Gasteiger partial charge in [-0.05, 0) is 47.5 Å². The molecular formula is C28H37O3Si. The van der Waals surface area contributed by atoms with Crippen molar-refractivity contribution in [3.8, 4) is 0 Å². The highest BCUT2D eigenvalue weighted by molar-refractivity contribution is 6.99. The summed E-state index contributed by atoms with van der Waals surface area (Å²) in [5.74, 6) is 0.155. The predicted octanol–water partition coefficient (Wildman–Crippen LogP) is 5.26. The fourth-order valence-electron chi connectivity index (χ4n) is 5.18. The van der Waals surface area contributed by atoms with Crippen LogP contribution < -0.4 is 10.4 Å². The molecule has 0 bridgehead atoms. The molecule has 2 aromatic carbocycles. The first-order valence-corrected chi connectivity index (χ1v) is 13.9. The Morgan fingerprint density at radius 2 is 1.59 bits per heavy atom. The second-order valence-electron chi connectivity index (χ2n) is 10.1. The van der Waals surface area contributed by atoms with Crippen molar-refractivity contribution in [1.29, 1.82) is 0 Å². The van der Waals surface area contributed by atoms with Crippen LogP contribution in [0, 0.1) is 12.3 Å². The zero-order valence-corrected chi connectivity index (χ0v) is 20.8. The summed E-state index contributed by atoms with van der Waals surface area (Å²) in [7, 11) is -2.57. The first-order valence-electron chi connectivity index (χ1n) is 12.0. The summed E-state index contributed by atoms with van der Waals surface area (Å²) in [5.41, 5.74) is 1.13. The van der Waals surface area contributed by atoms with Gasteiger partial charge in [-0.15, -0.1) is 0 Å². The molecule has 2 aliphatic rings. The van der Waals surface area contributed by atoms with Gasteiger partial charge in [0, 0.05) is 19.1 Å². The Morgan fingerprint density at radius 1 is 0.969 bits per heavy atom. The van der Waals surface area contributed by atoms with E-state index in [4.69, 9.17) is 13.9 Å². The van der Waals surface area contributed by atoms with Gasteiger partial charge in [0.1, 0.15) is 0 Å². The fraction of sp³-hybridized carbons (Fsp3) is 0.464. The molecule has 1 unspecified atom stereocenters. The SMILES string of the molecule is C=C1[CH]C[C@H](OC2CCCCO2)[C@H]1CO[Si](c1ccccc1)(c1ccccc1)C(C)(C)C. The molecule has 1 radical (unpaired) electrons. The highest BCUT2D eigenvalue weighted by Gasteiger charge is 2.51. The standard InChI is InChI=1S/C28H37O3Si/c1-22-18-19-26(31-27-17-11-12-20-29-27)25(22)21-30-32(28(2,3)4,23-13-7-5-8-14-23)24-15-9-6-10-16-24/h5-10,13-16,18,25-27H,1,11-12,17,19-21H2,2-4H3/t25-,26-,27?/m0/s1. The van der Waals surface area contributed by atoms with E-state index in [-0.39, 0.29) is 23.4 Å². The van der Waals surface area contributed by atoms with Gasteiger partial charge in [0.15, 0.2) is 6.29 Å². The summed E-state index contributed by atoms with van der Waals surface area (Å²) in [6, 6.07) is 21.6. The normalized spacial score (nSPS) is 24.6. The molecule has 2 aromatic rings. The van der Waals surface area contributed by atoms with Crippen LogP contribution in [0.25, 0.3) is 0 Å². The van der Waals surface area contributed by atoms with Crippen molar-refractivity contribution in [1.82, 2.24) is 0 Å². The number of hydrogen-bond acceptors (Lipinski definition) is 3. The number of hydrogen-bond donors (Lipinski definition) is 0. The van der Waals surface area contributed by atoms with Crippen molar-refractivity contribution >= 4 is 18.7 Å². The minimum atomic E-state index is -2.57. The van der Waals surface area contributed by atoms with Crippen LogP contribution in [0.4, 0.5) is 0 Å². The van der Waals surface area contributed by atoms with Crippen LogP contribution >= 0.6 is 0 Å². The molecule has 1 saturated heterocycles. The summed E-state index contributed by atoms with van der Waals surface area (Å²) in [5, 5.41) is 2.57. The number of benzene rings is 2. The molecule has 1 aliphatic carbocycles. The first-order chi connectivity index (χ1) is 15.4. The Labute approximate surface area is 194 Å². The Kier molecular flexibility index (Phi) is 7.36. The maximum absolute atomic E-state index is 7.18. The second kappa shape index (κ2) is 10.0. The first kappa shape index (κ1) is 23.4. The molecular weight excluding hydrogens is 412 g/mol. The van der Waals surface area contributed by atoms with Crippen LogP contribution in [0.3, 0.4) is 0 Å². The fourth-order valence-corrected chi connectivity index (χ4v) is 9.76. The van der Waals surface area contributed by atoms with Crippen molar-refractivity contribution in [2.75, 3.05) is 13.2 Å². The van der Waals surface area contributed by atoms with Crippen molar-refractivity contribution in [3.05, 3.63) is 79.2 Å². The summed E-state index contributed by atoms with van der Waals surface area (Å²) in [6.45, 7) is 12.7.